The predicted octanol–water partition coefficient (Wildman–Crippen LogP) is 18.3. The molecule has 17 nitrogen and oxygen atoms in total. The molecule has 85 heavy (non-hydrogen) atoms. The zero-order valence-corrected chi connectivity index (χ0v) is 56.9. The SMILES string of the molecule is CCCCCCCCCCCCCCCCC(=O)O[C@H](COC(=O)CCCCCCCCCCC(C)CC)COP(=O)(O)OC[C@@H](O)COP(=O)(O)OC[C@@H](COC(=O)CCCCCCCCC(C)C)OC(=O)CCCCCCCCCC(C)C. The molecule has 0 spiro atoms. The highest BCUT2D eigenvalue weighted by Crippen LogP contribution is 2.45. The number of aliphatic hydroxyl groups excluding tert-OH is 1. The molecule has 0 aliphatic carbocycles. The van der Waals surface area contributed by atoms with Gasteiger partial charge in [-0.3, -0.25) is 37.3 Å². The molecule has 19 heteroatoms. The Labute approximate surface area is 517 Å². The summed E-state index contributed by atoms with van der Waals surface area (Å²) in [4.78, 5) is 72.3. The monoisotopic (exact) mass is 1250 g/mol. The van der Waals surface area contributed by atoms with E-state index >= 15 is 0 Å². The van der Waals surface area contributed by atoms with Crippen molar-refractivity contribution >= 4 is 39.5 Å². The van der Waals surface area contributed by atoms with Crippen molar-refractivity contribution in [2.75, 3.05) is 39.6 Å². The van der Waals surface area contributed by atoms with Gasteiger partial charge in [0.2, 0.25) is 0 Å². The third-order valence-electron chi connectivity index (χ3n) is 15.5. The molecule has 0 bridgehead atoms. The Morgan fingerprint density at radius 3 is 0.894 bits per heavy atom. The van der Waals surface area contributed by atoms with Gasteiger partial charge in [-0.25, -0.2) is 9.13 Å². The van der Waals surface area contributed by atoms with E-state index in [0.29, 0.717) is 37.5 Å². The minimum absolute atomic E-state index is 0.102. The van der Waals surface area contributed by atoms with Gasteiger partial charge in [0.25, 0.3) is 0 Å². The van der Waals surface area contributed by atoms with Gasteiger partial charge in [-0.15, -0.1) is 0 Å². The summed E-state index contributed by atoms with van der Waals surface area (Å²) in [5.41, 5.74) is 0. The summed E-state index contributed by atoms with van der Waals surface area (Å²) in [6.07, 6.45) is 39.1. The van der Waals surface area contributed by atoms with Crippen molar-refractivity contribution in [3.63, 3.8) is 0 Å². The van der Waals surface area contributed by atoms with E-state index in [1.165, 1.54) is 128 Å². The minimum Gasteiger partial charge on any atom is -0.462 e. The highest BCUT2D eigenvalue weighted by molar-refractivity contribution is 7.47. The summed E-state index contributed by atoms with van der Waals surface area (Å²) in [6.45, 7) is 11.7. The van der Waals surface area contributed by atoms with E-state index in [9.17, 15) is 43.2 Å². The number of hydrogen-bond donors (Lipinski definition) is 3. The van der Waals surface area contributed by atoms with Crippen molar-refractivity contribution in [1.82, 2.24) is 0 Å². The van der Waals surface area contributed by atoms with Gasteiger partial charge < -0.3 is 33.8 Å². The fourth-order valence-corrected chi connectivity index (χ4v) is 11.4. The number of carbonyl (C=O) groups is 4. The normalized spacial score (nSPS) is 14.6. The molecule has 0 aromatic heterocycles. The highest BCUT2D eigenvalue weighted by Gasteiger charge is 2.30. The number of carbonyl (C=O) groups excluding carboxylic acids is 4. The maximum Gasteiger partial charge on any atom is 0.472 e. The molecule has 3 N–H and O–H groups in total. The smallest absolute Gasteiger partial charge is 0.462 e. The molecule has 0 radical (unpaired) electrons. The van der Waals surface area contributed by atoms with Gasteiger partial charge in [0, 0.05) is 25.7 Å². The maximum atomic E-state index is 13.0. The molecule has 6 atom stereocenters. The van der Waals surface area contributed by atoms with Crippen molar-refractivity contribution < 1.29 is 80.2 Å². The van der Waals surface area contributed by atoms with Crippen molar-refractivity contribution in [2.45, 2.75) is 343 Å². The summed E-state index contributed by atoms with van der Waals surface area (Å²) in [5.74, 6) is 0.0173. The Morgan fingerprint density at radius 2 is 0.600 bits per heavy atom. The second-order valence-electron chi connectivity index (χ2n) is 25.1. The third kappa shape index (κ3) is 59.5. The van der Waals surface area contributed by atoms with E-state index in [-0.39, 0.29) is 25.7 Å². The molecule has 504 valence electrons. The Morgan fingerprint density at radius 1 is 0.341 bits per heavy atom. The first-order chi connectivity index (χ1) is 40.8. The lowest BCUT2D eigenvalue weighted by Gasteiger charge is -2.21. The van der Waals surface area contributed by atoms with Crippen LogP contribution in [-0.2, 0) is 65.4 Å². The Hall–Kier alpha value is -1.94. The van der Waals surface area contributed by atoms with Gasteiger partial charge >= 0.3 is 39.5 Å². The van der Waals surface area contributed by atoms with E-state index in [2.05, 4.69) is 48.5 Å². The number of aliphatic hydroxyl groups is 1. The van der Waals surface area contributed by atoms with E-state index in [1.807, 2.05) is 0 Å². The molecule has 0 aliphatic heterocycles. The number of ether oxygens (including phenoxy) is 4. The third-order valence-corrected chi connectivity index (χ3v) is 17.4. The number of phosphoric acid groups is 2. The van der Waals surface area contributed by atoms with E-state index in [0.717, 1.165) is 102 Å². The minimum atomic E-state index is -4.95. The van der Waals surface area contributed by atoms with Gasteiger partial charge in [0.15, 0.2) is 12.2 Å². The largest absolute Gasteiger partial charge is 0.472 e. The average molecular weight is 1260 g/mol. The fraction of sp³-hybridized carbons (Fsp3) is 0.939. The molecule has 0 fully saturated rings. The molecule has 0 aromatic rings. The first-order valence-electron chi connectivity index (χ1n) is 34.4. The zero-order chi connectivity index (χ0) is 63.1. The van der Waals surface area contributed by atoms with Crippen LogP contribution < -0.4 is 0 Å². The molecule has 0 aliphatic rings. The number of hydrogen-bond acceptors (Lipinski definition) is 15. The van der Waals surface area contributed by atoms with Crippen LogP contribution in [0.2, 0.25) is 0 Å². The lowest BCUT2D eigenvalue weighted by atomic mass is 9.99. The van der Waals surface area contributed by atoms with Crippen LogP contribution in [0.1, 0.15) is 325 Å². The van der Waals surface area contributed by atoms with Gasteiger partial charge in [0.05, 0.1) is 26.4 Å². The van der Waals surface area contributed by atoms with Crippen LogP contribution in [0.15, 0.2) is 0 Å². The van der Waals surface area contributed by atoms with Crippen LogP contribution in [0, 0.1) is 17.8 Å². The molecular weight excluding hydrogens is 1130 g/mol. The molecule has 0 saturated heterocycles. The van der Waals surface area contributed by atoms with Gasteiger partial charge in [-0.05, 0) is 43.4 Å². The quantitative estimate of drug-likeness (QED) is 0.0222. The maximum absolute atomic E-state index is 13.0. The Bertz CT molecular complexity index is 1680. The standard InChI is InChI=1S/C66H128O17P2/c1-8-10-11-12-13-14-15-16-17-18-19-26-35-42-49-65(70)82-61(53-76-63(68)47-40-33-25-21-20-24-32-39-46-59(7)9-2)55-80-84(72,73)78-51-60(67)52-79-85(74,75)81-56-62(54-77-64(69)48-41-34-29-28-31-38-45-58(5)6)83-66(71)50-43-36-27-22-23-30-37-44-57(3)4/h57-62,67H,8-56H2,1-7H3,(H,72,73)(H,74,75)/t59?,60-,61-,62-/m1/s1. The molecule has 0 aromatic carbocycles. The van der Waals surface area contributed by atoms with Gasteiger partial charge in [-0.2, -0.15) is 0 Å². The van der Waals surface area contributed by atoms with Crippen LogP contribution in [-0.4, -0.2) is 96.7 Å². The lowest BCUT2D eigenvalue weighted by Crippen LogP contribution is -2.30. The van der Waals surface area contributed by atoms with E-state index < -0.39 is 97.5 Å². The summed E-state index contributed by atoms with van der Waals surface area (Å²) < 4.78 is 68.1. The fourth-order valence-electron chi connectivity index (χ4n) is 9.80. The summed E-state index contributed by atoms with van der Waals surface area (Å²) in [7, 11) is -9.89. The van der Waals surface area contributed by atoms with Crippen molar-refractivity contribution in [3.8, 4) is 0 Å². The molecule has 0 saturated carbocycles. The Kier molecular flexibility index (Phi) is 55.9. The van der Waals surface area contributed by atoms with Gasteiger partial charge in [0.1, 0.15) is 19.3 Å². The van der Waals surface area contributed by atoms with Crippen molar-refractivity contribution in [3.05, 3.63) is 0 Å². The second-order valence-corrected chi connectivity index (χ2v) is 28.0. The predicted molar refractivity (Wildman–Crippen MR) is 340 cm³/mol. The topological polar surface area (TPSA) is 237 Å². The molecule has 0 rings (SSSR count). The average Bonchev–Trinajstić information content (AvgIpc) is 3.55. The van der Waals surface area contributed by atoms with E-state index in [1.54, 1.807) is 0 Å². The first-order valence-corrected chi connectivity index (χ1v) is 37.4. The first kappa shape index (κ1) is 83.1. The molecule has 0 amide bonds. The summed E-state index contributed by atoms with van der Waals surface area (Å²) in [6, 6.07) is 0. The summed E-state index contributed by atoms with van der Waals surface area (Å²) in [5, 5.41) is 10.5. The molecule has 3 unspecified atom stereocenters. The van der Waals surface area contributed by atoms with Crippen LogP contribution in [0.5, 0.6) is 0 Å². The van der Waals surface area contributed by atoms with Crippen LogP contribution >= 0.6 is 15.6 Å². The second kappa shape index (κ2) is 57.2. The van der Waals surface area contributed by atoms with Crippen LogP contribution in [0.3, 0.4) is 0 Å². The lowest BCUT2D eigenvalue weighted by molar-refractivity contribution is -0.161. The summed E-state index contributed by atoms with van der Waals surface area (Å²) >= 11 is 0. The van der Waals surface area contributed by atoms with Crippen molar-refractivity contribution in [1.29, 1.82) is 0 Å². The number of rotatable bonds is 64. The van der Waals surface area contributed by atoms with Gasteiger partial charge in [-0.1, -0.05) is 273 Å². The zero-order valence-electron chi connectivity index (χ0n) is 55.1. The van der Waals surface area contributed by atoms with Crippen molar-refractivity contribution in [2.24, 2.45) is 17.8 Å². The van der Waals surface area contributed by atoms with Crippen LogP contribution in [0.4, 0.5) is 0 Å². The Balaban J connectivity index is 5.25. The van der Waals surface area contributed by atoms with E-state index in [4.69, 9.17) is 37.0 Å². The molecular formula is C66H128O17P2. The highest BCUT2D eigenvalue weighted by atomic mass is 31.2. The number of unbranched alkanes of at least 4 members (excludes halogenated alkanes) is 31. The van der Waals surface area contributed by atoms with Crippen LogP contribution in [0.25, 0.3) is 0 Å². The molecule has 0 heterocycles. The number of phosphoric ester groups is 2. The number of esters is 4.